The molecule has 6 heteroatoms. The molecule has 0 bridgehead atoms. The van der Waals surface area contributed by atoms with Crippen LogP contribution < -0.4 is 0 Å². The van der Waals surface area contributed by atoms with Gasteiger partial charge in [0, 0.05) is 19.3 Å². The van der Waals surface area contributed by atoms with E-state index in [2.05, 4.69) is 34.6 Å². The minimum Gasteiger partial charge on any atom is -0.462 e. The molecule has 0 unspecified atom stereocenters. The van der Waals surface area contributed by atoms with Crippen LogP contribution in [0.15, 0.2) is 0 Å². The molecule has 0 spiro atoms. The molecule has 1 atom stereocenters. The maximum atomic E-state index is 12.9. The smallest absolute Gasteiger partial charge is 0.306 e. The summed E-state index contributed by atoms with van der Waals surface area (Å²) in [6.45, 7) is 11.4. The fourth-order valence-electron chi connectivity index (χ4n) is 9.58. The second-order valence-corrected chi connectivity index (χ2v) is 22.3. The van der Waals surface area contributed by atoms with Crippen LogP contribution in [-0.2, 0) is 28.6 Å². The molecule has 0 rings (SSSR count). The normalized spacial score (nSPS) is 12.0. The van der Waals surface area contributed by atoms with Gasteiger partial charge in [0.25, 0.3) is 0 Å². The Morgan fingerprint density at radius 3 is 0.721 bits per heavy atom. The van der Waals surface area contributed by atoms with Gasteiger partial charge in [0.1, 0.15) is 13.2 Å². The summed E-state index contributed by atoms with van der Waals surface area (Å²) in [7, 11) is 0. The Hall–Kier alpha value is -1.59. The van der Waals surface area contributed by atoms with E-state index in [-0.39, 0.29) is 31.1 Å². The average molecular weight is 962 g/mol. The molecule has 0 aromatic carbocycles. The van der Waals surface area contributed by atoms with Crippen LogP contribution in [0, 0.1) is 11.8 Å². The van der Waals surface area contributed by atoms with Crippen LogP contribution in [0.3, 0.4) is 0 Å². The van der Waals surface area contributed by atoms with Gasteiger partial charge in [-0.1, -0.05) is 311 Å². The second-order valence-electron chi connectivity index (χ2n) is 22.3. The predicted molar refractivity (Wildman–Crippen MR) is 293 cm³/mol. The van der Waals surface area contributed by atoms with Crippen LogP contribution in [0.25, 0.3) is 0 Å². The minimum absolute atomic E-state index is 0.0620. The first-order valence-electron chi connectivity index (χ1n) is 30.7. The summed E-state index contributed by atoms with van der Waals surface area (Å²) < 4.78 is 16.9. The molecule has 0 amide bonds. The molecule has 0 aliphatic rings. The van der Waals surface area contributed by atoms with Crippen LogP contribution in [0.4, 0.5) is 0 Å². The van der Waals surface area contributed by atoms with Crippen molar-refractivity contribution in [2.45, 2.75) is 355 Å². The van der Waals surface area contributed by atoms with Gasteiger partial charge in [-0.3, -0.25) is 14.4 Å². The maximum absolute atomic E-state index is 12.9. The lowest BCUT2D eigenvalue weighted by Gasteiger charge is -2.18. The first-order chi connectivity index (χ1) is 33.2. The Morgan fingerprint density at radius 2 is 0.485 bits per heavy atom. The van der Waals surface area contributed by atoms with Gasteiger partial charge in [0.05, 0.1) is 0 Å². The van der Waals surface area contributed by atoms with Crippen molar-refractivity contribution in [2.24, 2.45) is 11.8 Å². The largest absolute Gasteiger partial charge is 0.462 e. The van der Waals surface area contributed by atoms with Crippen LogP contribution >= 0.6 is 0 Å². The minimum atomic E-state index is -0.763. The Kier molecular flexibility index (Phi) is 53.5. The van der Waals surface area contributed by atoms with Gasteiger partial charge in [0.2, 0.25) is 0 Å². The lowest BCUT2D eigenvalue weighted by atomic mass is 10.0. The Bertz CT molecular complexity index is 1040. The van der Waals surface area contributed by atoms with Crippen molar-refractivity contribution in [3.05, 3.63) is 0 Å². The topological polar surface area (TPSA) is 78.9 Å². The highest BCUT2D eigenvalue weighted by molar-refractivity contribution is 5.71. The van der Waals surface area contributed by atoms with E-state index >= 15 is 0 Å². The van der Waals surface area contributed by atoms with Crippen molar-refractivity contribution in [1.82, 2.24) is 0 Å². The van der Waals surface area contributed by atoms with Crippen LogP contribution in [0.2, 0.25) is 0 Å². The molecular formula is C62H120O6. The monoisotopic (exact) mass is 961 g/mol. The van der Waals surface area contributed by atoms with E-state index in [1.165, 1.54) is 238 Å². The standard InChI is InChI=1S/C62H120O6/c1-6-7-8-9-10-11-12-13-15-22-27-32-37-42-47-52-60(63)66-55-59(68-62(65)54-49-44-39-34-29-24-19-18-21-26-31-36-41-46-51-58(4)5)56-67-61(64)53-48-43-38-33-28-23-17-14-16-20-25-30-35-40-45-50-57(2)3/h57-59H,6-56H2,1-5H3/t59-/m0/s1. The quantitative estimate of drug-likeness (QED) is 0.0343. The molecule has 68 heavy (non-hydrogen) atoms. The predicted octanol–water partition coefficient (Wildman–Crippen LogP) is 20.4. The number of hydrogen-bond acceptors (Lipinski definition) is 6. The molecule has 0 heterocycles. The van der Waals surface area contributed by atoms with Crippen molar-refractivity contribution in [2.75, 3.05) is 13.2 Å². The van der Waals surface area contributed by atoms with Crippen molar-refractivity contribution in [3.8, 4) is 0 Å². The van der Waals surface area contributed by atoms with Gasteiger partial charge in [-0.2, -0.15) is 0 Å². The van der Waals surface area contributed by atoms with Crippen LogP contribution in [0.1, 0.15) is 349 Å². The number of ether oxygens (including phenoxy) is 3. The Balaban J connectivity index is 4.29. The van der Waals surface area contributed by atoms with Gasteiger partial charge in [-0.25, -0.2) is 0 Å². The number of hydrogen-bond donors (Lipinski definition) is 0. The lowest BCUT2D eigenvalue weighted by Crippen LogP contribution is -2.30. The number of esters is 3. The summed E-state index contributed by atoms with van der Waals surface area (Å²) in [6, 6.07) is 0. The molecule has 0 saturated heterocycles. The number of rotatable bonds is 56. The highest BCUT2D eigenvalue weighted by Crippen LogP contribution is 2.19. The van der Waals surface area contributed by atoms with Gasteiger partial charge in [-0.15, -0.1) is 0 Å². The maximum Gasteiger partial charge on any atom is 0.306 e. The first-order valence-corrected chi connectivity index (χ1v) is 30.7. The van der Waals surface area contributed by atoms with Gasteiger partial charge >= 0.3 is 17.9 Å². The van der Waals surface area contributed by atoms with Crippen LogP contribution in [-0.4, -0.2) is 37.2 Å². The van der Waals surface area contributed by atoms with Gasteiger partial charge in [0.15, 0.2) is 6.10 Å². The molecule has 0 radical (unpaired) electrons. The molecule has 6 nitrogen and oxygen atoms in total. The molecule has 0 aromatic heterocycles. The third kappa shape index (κ3) is 55.3. The molecule has 0 aliphatic carbocycles. The lowest BCUT2D eigenvalue weighted by molar-refractivity contribution is -0.167. The average Bonchev–Trinajstić information content (AvgIpc) is 3.31. The number of unbranched alkanes of at least 4 members (excludes halogenated alkanes) is 41. The zero-order valence-corrected chi connectivity index (χ0v) is 46.7. The van der Waals surface area contributed by atoms with E-state index in [1.54, 1.807) is 0 Å². The fourth-order valence-corrected chi connectivity index (χ4v) is 9.58. The summed E-state index contributed by atoms with van der Waals surface area (Å²) >= 11 is 0. The van der Waals surface area contributed by atoms with Gasteiger partial charge in [-0.05, 0) is 31.1 Å². The van der Waals surface area contributed by atoms with E-state index in [4.69, 9.17) is 14.2 Å². The van der Waals surface area contributed by atoms with E-state index < -0.39 is 6.10 Å². The SMILES string of the molecule is CCCCCCCCCCCCCCCCCC(=O)OC[C@@H](COC(=O)CCCCCCCCCCCCCCCCCC(C)C)OC(=O)CCCCCCCCCCCCCCCCC(C)C. The van der Waals surface area contributed by atoms with E-state index in [0.29, 0.717) is 19.3 Å². The Labute approximate surface area is 425 Å². The van der Waals surface area contributed by atoms with Crippen LogP contribution in [0.5, 0.6) is 0 Å². The van der Waals surface area contributed by atoms with Gasteiger partial charge < -0.3 is 14.2 Å². The summed E-state index contributed by atoms with van der Waals surface area (Å²) in [6.07, 6.45) is 59.5. The first kappa shape index (κ1) is 66.4. The molecule has 0 saturated carbocycles. The summed E-state index contributed by atoms with van der Waals surface area (Å²) in [4.78, 5) is 38.2. The molecule has 0 N–H and O–H groups in total. The molecule has 404 valence electrons. The van der Waals surface area contributed by atoms with Crippen molar-refractivity contribution in [1.29, 1.82) is 0 Å². The van der Waals surface area contributed by atoms with E-state index in [0.717, 1.165) is 69.6 Å². The summed E-state index contributed by atoms with van der Waals surface area (Å²) in [5.41, 5.74) is 0. The molecule has 0 fully saturated rings. The third-order valence-corrected chi connectivity index (χ3v) is 14.2. The summed E-state index contributed by atoms with van der Waals surface area (Å²) in [5, 5.41) is 0. The van der Waals surface area contributed by atoms with Crippen molar-refractivity contribution in [3.63, 3.8) is 0 Å². The molecule has 0 aliphatic heterocycles. The Morgan fingerprint density at radius 1 is 0.279 bits per heavy atom. The zero-order chi connectivity index (χ0) is 49.6. The van der Waals surface area contributed by atoms with Crippen molar-refractivity contribution < 1.29 is 28.6 Å². The summed E-state index contributed by atoms with van der Waals surface area (Å²) in [5.74, 6) is 0.859. The molecule has 0 aromatic rings. The number of carbonyl (C=O) groups excluding carboxylic acids is 3. The van der Waals surface area contributed by atoms with E-state index in [9.17, 15) is 14.4 Å². The molecular weight excluding hydrogens is 841 g/mol. The fraction of sp³-hybridized carbons (Fsp3) is 0.952. The third-order valence-electron chi connectivity index (χ3n) is 14.2. The highest BCUT2D eigenvalue weighted by atomic mass is 16.6. The van der Waals surface area contributed by atoms with Crippen molar-refractivity contribution >= 4 is 17.9 Å². The van der Waals surface area contributed by atoms with E-state index in [1.807, 2.05) is 0 Å². The zero-order valence-electron chi connectivity index (χ0n) is 46.7. The second kappa shape index (κ2) is 54.7. The number of carbonyl (C=O) groups is 3. The highest BCUT2D eigenvalue weighted by Gasteiger charge is 2.19.